The molecule has 0 saturated carbocycles. The van der Waals surface area contributed by atoms with Gasteiger partial charge in [0.15, 0.2) is 0 Å². The zero-order chi connectivity index (χ0) is 13.5. The van der Waals surface area contributed by atoms with Crippen LogP contribution in [0.5, 0.6) is 0 Å². The largest absolute Gasteiger partial charge is 0.480 e. The fourth-order valence-corrected chi connectivity index (χ4v) is 1.53. The van der Waals surface area contributed by atoms with E-state index in [2.05, 4.69) is 10.3 Å². The highest BCUT2D eigenvalue weighted by Gasteiger charge is 2.19. The number of carbonyl (C=O) groups excluding carboxylic acids is 1. The Bertz CT molecular complexity index is 420. The standard InChI is InChI=1S/C12H15ClN2O3/c1-2-3-4-9(12(17)18)15-11(16)8-5-6-10(13)14-7-8/h5-7,9H,2-4H2,1H3,(H,15,16)(H,17,18). The lowest BCUT2D eigenvalue weighted by molar-refractivity contribution is -0.139. The van der Waals surface area contributed by atoms with Crippen molar-refractivity contribution < 1.29 is 14.7 Å². The SMILES string of the molecule is CCCCC(NC(=O)c1ccc(Cl)nc1)C(=O)O. The van der Waals surface area contributed by atoms with E-state index in [9.17, 15) is 9.59 Å². The molecule has 1 aromatic heterocycles. The van der Waals surface area contributed by atoms with Crippen molar-refractivity contribution in [3.63, 3.8) is 0 Å². The number of nitrogens with zero attached hydrogens (tertiary/aromatic N) is 1. The van der Waals surface area contributed by atoms with Gasteiger partial charge in [0, 0.05) is 6.20 Å². The molecule has 0 fully saturated rings. The molecule has 0 aliphatic rings. The number of nitrogens with one attached hydrogen (secondary N) is 1. The molecule has 1 heterocycles. The molecule has 0 aliphatic carbocycles. The number of carbonyl (C=O) groups is 2. The van der Waals surface area contributed by atoms with E-state index in [0.717, 1.165) is 12.8 Å². The Labute approximate surface area is 110 Å². The molecule has 0 aliphatic heterocycles. The molecule has 1 amide bonds. The van der Waals surface area contributed by atoms with Crippen molar-refractivity contribution in [2.75, 3.05) is 0 Å². The van der Waals surface area contributed by atoms with Crippen LogP contribution in [0, 0.1) is 0 Å². The summed E-state index contributed by atoms with van der Waals surface area (Å²) in [7, 11) is 0. The van der Waals surface area contributed by atoms with Crippen LogP contribution in [0.15, 0.2) is 18.3 Å². The second-order valence-corrected chi connectivity index (χ2v) is 4.26. The molecule has 0 bridgehead atoms. The van der Waals surface area contributed by atoms with Crippen molar-refractivity contribution in [1.29, 1.82) is 0 Å². The van der Waals surface area contributed by atoms with Gasteiger partial charge in [-0.25, -0.2) is 9.78 Å². The fraction of sp³-hybridized carbons (Fsp3) is 0.417. The quantitative estimate of drug-likeness (QED) is 0.776. The Hall–Kier alpha value is -1.62. The molecular weight excluding hydrogens is 256 g/mol. The molecule has 0 spiro atoms. The maximum atomic E-state index is 11.8. The predicted octanol–water partition coefficient (Wildman–Crippen LogP) is 2.11. The minimum absolute atomic E-state index is 0.285. The number of aromatic nitrogens is 1. The molecule has 1 atom stereocenters. The number of pyridine rings is 1. The van der Waals surface area contributed by atoms with Gasteiger partial charge in [-0.3, -0.25) is 4.79 Å². The zero-order valence-electron chi connectivity index (χ0n) is 10.0. The van der Waals surface area contributed by atoms with E-state index >= 15 is 0 Å². The number of hydrogen-bond donors (Lipinski definition) is 2. The van der Waals surface area contributed by atoms with Crippen LogP contribution in [-0.2, 0) is 4.79 Å². The predicted molar refractivity (Wildman–Crippen MR) is 67.7 cm³/mol. The van der Waals surface area contributed by atoms with Gasteiger partial charge in [-0.2, -0.15) is 0 Å². The second kappa shape index (κ2) is 6.96. The molecule has 98 valence electrons. The smallest absolute Gasteiger partial charge is 0.326 e. The molecule has 5 nitrogen and oxygen atoms in total. The molecule has 2 N–H and O–H groups in total. The van der Waals surface area contributed by atoms with Gasteiger partial charge in [-0.15, -0.1) is 0 Å². The molecule has 0 aromatic carbocycles. The third-order valence-corrected chi connectivity index (χ3v) is 2.66. The highest BCUT2D eigenvalue weighted by atomic mass is 35.5. The molecule has 6 heteroatoms. The van der Waals surface area contributed by atoms with E-state index in [1.807, 2.05) is 6.92 Å². The molecule has 1 aromatic rings. The Morgan fingerprint density at radius 1 is 1.50 bits per heavy atom. The number of carboxylic acids is 1. The highest BCUT2D eigenvalue weighted by molar-refractivity contribution is 6.29. The summed E-state index contributed by atoms with van der Waals surface area (Å²) in [5, 5.41) is 11.7. The molecular formula is C12H15ClN2O3. The number of rotatable bonds is 6. The number of hydrogen-bond acceptors (Lipinski definition) is 3. The first-order valence-electron chi connectivity index (χ1n) is 5.69. The van der Waals surface area contributed by atoms with Crippen LogP contribution in [0.2, 0.25) is 5.15 Å². The first-order chi connectivity index (χ1) is 8.54. The Balaban J connectivity index is 2.66. The summed E-state index contributed by atoms with van der Waals surface area (Å²) in [5.74, 6) is -1.48. The first-order valence-corrected chi connectivity index (χ1v) is 6.07. The normalized spacial score (nSPS) is 11.9. The minimum atomic E-state index is -1.03. The summed E-state index contributed by atoms with van der Waals surface area (Å²) in [5.41, 5.74) is 0.294. The van der Waals surface area contributed by atoms with Crippen molar-refractivity contribution in [2.24, 2.45) is 0 Å². The highest BCUT2D eigenvalue weighted by Crippen LogP contribution is 2.07. The lowest BCUT2D eigenvalue weighted by atomic mass is 10.1. The van der Waals surface area contributed by atoms with Gasteiger partial charge in [0.05, 0.1) is 5.56 Å². The van der Waals surface area contributed by atoms with Gasteiger partial charge in [-0.05, 0) is 18.6 Å². The summed E-state index contributed by atoms with van der Waals surface area (Å²) in [4.78, 5) is 26.5. The minimum Gasteiger partial charge on any atom is -0.480 e. The van der Waals surface area contributed by atoms with Crippen LogP contribution in [0.4, 0.5) is 0 Å². The summed E-state index contributed by atoms with van der Waals surface area (Å²) in [6.45, 7) is 1.96. The van der Waals surface area contributed by atoms with Crippen LogP contribution < -0.4 is 5.32 Å². The van der Waals surface area contributed by atoms with Crippen LogP contribution in [0.3, 0.4) is 0 Å². The third kappa shape index (κ3) is 4.33. The molecule has 0 radical (unpaired) electrons. The van der Waals surface area contributed by atoms with Crippen LogP contribution in [0.25, 0.3) is 0 Å². The number of aliphatic carboxylic acids is 1. The van der Waals surface area contributed by atoms with Crippen molar-refractivity contribution in [2.45, 2.75) is 32.2 Å². The number of carboxylic acid groups (broad SMARTS) is 1. The topological polar surface area (TPSA) is 79.3 Å². The van der Waals surface area contributed by atoms with Crippen molar-refractivity contribution >= 4 is 23.5 Å². The van der Waals surface area contributed by atoms with Gasteiger partial charge in [0.2, 0.25) is 0 Å². The van der Waals surface area contributed by atoms with E-state index < -0.39 is 17.9 Å². The first kappa shape index (κ1) is 14.4. The number of unbranched alkanes of at least 4 members (excludes halogenated alkanes) is 1. The zero-order valence-corrected chi connectivity index (χ0v) is 10.8. The van der Waals surface area contributed by atoms with Gasteiger partial charge < -0.3 is 10.4 Å². The molecule has 18 heavy (non-hydrogen) atoms. The average molecular weight is 271 g/mol. The average Bonchev–Trinajstić information content (AvgIpc) is 2.34. The summed E-state index contributed by atoms with van der Waals surface area (Å²) < 4.78 is 0. The van der Waals surface area contributed by atoms with Crippen LogP contribution >= 0.6 is 11.6 Å². The molecule has 1 unspecified atom stereocenters. The number of halogens is 1. The van der Waals surface area contributed by atoms with E-state index in [1.54, 1.807) is 0 Å². The van der Waals surface area contributed by atoms with Gasteiger partial charge in [0.1, 0.15) is 11.2 Å². The lowest BCUT2D eigenvalue weighted by Crippen LogP contribution is -2.40. The molecule has 1 rings (SSSR count). The van der Waals surface area contributed by atoms with Crippen LogP contribution in [-0.4, -0.2) is 28.0 Å². The summed E-state index contributed by atoms with van der Waals surface area (Å²) in [6, 6.07) is 2.12. The van der Waals surface area contributed by atoms with E-state index in [-0.39, 0.29) is 5.15 Å². The summed E-state index contributed by atoms with van der Waals surface area (Å²) >= 11 is 5.60. The van der Waals surface area contributed by atoms with E-state index in [0.29, 0.717) is 12.0 Å². The fourth-order valence-electron chi connectivity index (χ4n) is 1.42. The van der Waals surface area contributed by atoms with E-state index in [1.165, 1.54) is 18.3 Å². The van der Waals surface area contributed by atoms with Gasteiger partial charge in [0.25, 0.3) is 5.91 Å². The Morgan fingerprint density at radius 3 is 2.72 bits per heavy atom. The number of amides is 1. The Morgan fingerprint density at radius 2 is 2.22 bits per heavy atom. The third-order valence-electron chi connectivity index (χ3n) is 2.44. The van der Waals surface area contributed by atoms with Crippen molar-refractivity contribution in [1.82, 2.24) is 10.3 Å². The Kier molecular flexibility index (Phi) is 5.58. The summed E-state index contributed by atoms with van der Waals surface area (Å²) in [6.07, 6.45) is 3.35. The van der Waals surface area contributed by atoms with Gasteiger partial charge in [-0.1, -0.05) is 31.4 Å². The maximum Gasteiger partial charge on any atom is 0.326 e. The lowest BCUT2D eigenvalue weighted by Gasteiger charge is -2.13. The van der Waals surface area contributed by atoms with E-state index in [4.69, 9.17) is 16.7 Å². The monoisotopic (exact) mass is 270 g/mol. The van der Waals surface area contributed by atoms with Crippen molar-refractivity contribution in [3.8, 4) is 0 Å². The molecule has 0 saturated heterocycles. The maximum absolute atomic E-state index is 11.8. The van der Waals surface area contributed by atoms with Crippen LogP contribution in [0.1, 0.15) is 36.5 Å². The van der Waals surface area contributed by atoms with Crippen molar-refractivity contribution in [3.05, 3.63) is 29.0 Å². The van der Waals surface area contributed by atoms with Gasteiger partial charge >= 0.3 is 5.97 Å². The second-order valence-electron chi connectivity index (χ2n) is 3.88.